The summed E-state index contributed by atoms with van der Waals surface area (Å²) in [5.41, 5.74) is 8.27. The predicted octanol–water partition coefficient (Wildman–Crippen LogP) is 3.56. The van der Waals surface area contributed by atoms with Crippen molar-refractivity contribution in [3.63, 3.8) is 0 Å². The van der Waals surface area contributed by atoms with E-state index in [9.17, 15) is 0 Å². The summed E-state index contributed by atoms with van der Waals surface area (Å²) in [6.45, 7) is 3.14. The molecule has 1 aliphatic rings. The lowest BCUT2D eigenvalue weighted by atomic mass is 10.2. The second-order valence-electron chi connectivity index (χ2n) is 5.40. The maximum atomic E-state index is 5.79. The van der Waals surface area contributed by atoms with Crippen molar-refractivity contribution in [3.8, 4) is 0 Å². The van der Waals surface area contributed by atoms with E-state index in [1.165, 1.54) is 21.0 Å². The molecule has 1 aromatic heterocycles. The summed E-state index contributed by atoms with van der Waals surface area (Å²) in [5.74, 6) is 0. The highest BCUT2D eigenvalue weighted by Crippen LogP contribution is 2.24. The summed E-state index contributed by atoms with van der Waals surface area (Å²) in [6.07, 6.45) is 8.65. The van der Waals surface area contributed by atoms with Crippen LogP contribution in [-0.2, 0) is 12.8 Å². The van der Waals surface area contributed by atoms with E-state index in [1.807, 2.05) is 0 Å². The van der Waals surface area contributed by atoms with Crippen LogP contribution in [0.5, 0.6) is 0 Å². The van der Waals surface area contributed by atoms with Crippen molar-refractivity contribution < 1.29 is 0 Å². The minimum absolute atomic E-state index is 0.715. The molecule has 3 nitrogen and oxygen atoms in total. The van der Waals surface area contributed by atoms with E-state index in [0.717, 1.165) is 32.5 Å². The van der Waals surface area contributed by atoms with Crippen molar-refractivity contribution >= 4 is 34.3 Å². The molecule has 0 bridgehead atoms. The van der Waals surface area contributed by atoms with E-state index in [1.54, 1.807) is 23.1 Å². The normalized spacial score (nSPS) is 15.9. The number of fused-ring (bicyclic) bond motifs is 1. The molecule has 0 radical (unpaired) electrons. The fourth-order valence-corrected chi connectivity index (χ4v) is 3.94. The van der Waals surface area contributed by atoms with Crippen molar-refractivity contribution in [3.05, 3.63) is 46.5 Å². The van der Waals surface area contributed by atoms with Gasteiger partial charge in [-0.1, -0.05) is 24.3 Å². The Labute approximate surface area is 140 Å². The fraction of sp³-hybridized carbons (Fsp3) is 0.353. The van der Waals surface area contributed by atoms with Crippen LogP contribution in [0.1, 0.15) is 16.1 Å². The first kappa shape index (κ1) is 15.6. The van der Waals surface area contributed by atoms with Gasteiger partial charge in [0.1, 0.15) is 0 Å². The topological polar surface area (TPSA) is 42.2 Å². The monoisotopic (exact) mass is 331 g/mol. The average molecular weight is 332 g/mol. The Morgan fingerprint density at radius 3 is 2.82 bits per heavy atom. The van der Waals surface area contributed by atoms with Crippen LogP contribution in [0.3, 0.4) is 0 Å². The number of anilines is 1. The first-order chi connectivity index (χ1) is 10.7. The van der Waals surface area contributed by atoms with Gasteiger partial charge in [0, 0.05) is 35.8 Å². The Hall–Kier alpha value is -1.30. The zero-order valence-corrected chi connectivity index (χ0v) is 14.4. The van der Waals surface area contributed by atoms with Gasteiger partial charge in [-0.05, 0) is 30.4 Å². The summed E-state index contributed by atoms with van der Waals surface area (Å²) in [5, 5.41) is 0.715. The predicted molar refractivity (Wildman–Crippen MR) is 97.6 cm³/mol. The minimum atomic E-state index is 0.715. The van der Waals surface area contributed by atoms with Gasteiger partial charge in [-0.15, -0.1) is 23.1 Å². The first-order valence-corrected chi connectivity index (χ1v) is 9.56. The van der Waals surface area contributed by atoms with Crippen LogP contribution in [-0.4, -0.2) is 35.8 Å². The minimum Gasteiger partial charge on any atom is -0.375 e. The number of hydrogen-bond acceptors (Lipinski definition) is 5. The number of nitrogens with zero attached hydrogens (tertiary/aromatic N) is 2. The number of rotatable bonds is 4. The third-order valence-electron chi connectivity index (χ3n) is 3.90. The zero-order chi connectivity index (χ0) is 15.4. The highest BCUT2D eigenvalue weighted by Gasteiger charge is 2.16. The van der Waals surface area contributed by atoms with Crippen LogP contribution in [0, 0.1) is 0 Å². The second-order valence-corrected chi connectivity index (χ2v) is 7.39. The maximum Gasteiger partial charge on any atom is 0.180 e. The van der Waals surface area contributed by atoms with E-state index in [-0.39, 0.29) is 0 Å². The molecule has 0 aliphatic carbocycles. The van der Waals surface area contributed by atoms with Crippen molar-refractivity contribution in [1.29, 1.82) is 0 Å². The van der Waals surface area contributed by atoms with E-state index < -0.39 is 0 Å². The van der Waals surface area contributed by atoms with Crippen LogP contribution in [0.25, 0.3) is 6.08 Å². The van der Waals surface area contributed by atoms with E-state index >= 15 is 0 Å². The van der Waals surface area contributed by atoms with Gasteiger partial charge in [0.2, 0.25) is 0 Å². The number of nitrogens with two attached hydrogens (primary N) is 1. The highest BCUT2D eigenvalue weighted by atomic mass is 32.2. The van der Waals surface area contributed by atoms with E-state index in [4.69, 9.17) is 5.73 Å². The SMILES string of the molecule is CSc1ccc(C=CCN2CCc3nc(N)sc3CC2)cc1. The van der Waals surface area contributed by atoms with E-state index in [2.05, 4.69) is 52.6 Å². The number of thiazole rings is 1. The van der Waals surface area contributed by atoms with Crippen molar-refractivity contribution in [1.82, 2.24) is 9.88 Å². The molecule has 5 heteroatoms. The van der Waals surface area contributed by atoms with Gasteiger partial charge in [0.05, 0.1) is 5.69 Å². The van der Waals surface area contributed by atoms with Crippen LogP contribution < -0.4 is 5.73 Å². The summed E-state index contributed by atoms with van der Waals surface area (Å²) in [6, 6.07) is 8.69. The highest BCUT2D eigenvalue weighted by molar-refractivity contribution is 7.98. The molecule has 0 atom stereocenters. The Kier molecular flexibility index (Phi) is 5.18. The smallest absolute Gasteiger partial charge is 0.180 e. The van der Waals surface area contributed by atoms with Gasteiger partial charge >= 0.3 is 0 Å². The Morgan fingerprint density at radius 2 is 2.05 bits per heavy atom. The molecule has 0 spiro atoms. The molecule has 116 valence electrons. The van der Waals surface area contributed by atoms with Crippen LogP contribution in [0.2, 0.25) is 0 Å². The molecule has 0 saturated carbocycles. The fourth-order valence-electron chi connectivity index (χ4n) is 2.66. The van der Waals surface area contributed by atoms with Gasteiger partial charge in [0.15, 0.2) is 5.13 Å². The molecule has 0 amide bonds. The lowest BCUT2D eigenvalue weighted by Crippen LogP contribution is -2.26. The van der Waals surface area contributed by atoms with Gasteiger partial charge < -0.3 is 5.73 Å². The molecule has 2 N–H and O–H groups in total. The van der Waals surface area contributed by atoms with Gasteiger partial charge in [-0.25, -0.2) is 4.98 Å². The molecule has 1 aromatic carbocycles. The number of nitrogen functional groups attached to an aromatic ring is 1. The van der Waals surface area contributed by atoms with Crippen molar-refractivity contribution in [2.24, 2.45) is 0 Å². The third kappa shape index (κ3) is 3.91. The lowest BCUT2D eigenvalue weighted by molar-refractivity contribution is 0.318. The summed E-state index contributed by atoms with van der Waals surface area (Å²) in [7, 11) is 0. The molecule has 2 aromatic rings. The molecule has 22 heavy (non-hydrogen) atoms. The molecule has 0 saturated heterocycles. The Bertz CT molecular complexity index is 621. The second kappa shape index (κ2) is 7.31. The molecule has 2 heterocycles. The van der Waals surface area contributed by atoms with E-state index in [0.29, 0.717) is 5.13 Å². The molecular weight excluding hydrogens is 310 g/mol. The molecule has 1 aliphatic heterocycles. The van der Waals surface area contributed by atoms with Crippen molar-refractivity contribution in [2.45, 2.75) is 17.7 Å². The quantitative estimate of drug-likeness (QED) is 0.870. The van der Waals surface area contributed by atoms with Crippen LogP contribution in [0.15, 0.2) is 35.2 Å². The largest absolute Gasteiger partial charge is 0.375 e. The van der Waals surface area contributed by atoms with Gasteiger partial charge in [0.25, 0.3) is 0 Å². The van der Waals surface area contributed by atoms with Crippen LogP contribution in [0.4, 0.5) is 5.13 Å². The Morgan fingerprint density at radius 1 is 1.27 bits per heavy atom. The first-order valence-electron chi connectivity index (χ1n) is 7.51. The number of thioether (sulfide) groups is 1. The van der Waals surface area contributed by atoms with Gasteiger partial charge in [-0.2, -0.15) is 0 Å². The summed E-state index contributed by atoms with van der Waals surface area (Å²) < 4.78 is 0. The molecule has 0 fully saturated rings. The molecule has 0 unspecified atom stereocenters. The number of hydrogen-bond donors (Lipinski definition) is 1. The van der Waals surface area contributed by atoms with Crippen molar-refractivity contribution in [2.75, 3.05) is 31.6 Å². The van der Waals surface area contributed by atoms with Crippen LogP contribution >= 0.6 is 23.1 Å². The Balaban J connectivity index is 1.53. The number of benzene rings is 1. The lowest BCUT2D eigenvalue weighted by Gasteiger charge is -2.17. The summed E-state index contributed by atoms with van der Waals surface area (Å²) >= 11 is 3.43. The average Bonchev–Trinajstić information content (AvgIpc) is 2.80. The maximum absolute atomic E-state index is 5.79. The molecule has 3 rings (SSSR count). The summed E-state index contributed by atoms with van der Waals surface area (Å²) in [4.78, 5) is 9.60. The molecular formula is C17H21N3S2. The third-order valence-corrected chi connectivity index (χ3v) is 5.63. The van der Waals surface area contributed by atoms with Gasteiger partial charge in [-0.3, -0.25) is 4.90 Å². The zero-order valence-electron chi connectivity index (χ0n) is 12.8. The standard InChI is InChI=1S/C17H21N3S2/c1-21-14-6-4-13(5-7-14)3-2-10-20-11-8-15-16(9-12-20)22-17(18)19-15/h2-7H,8-12H2,1H3,(H2,18,19). The number of aromatic nitrogens is 1.